The van der Waals surface area contributed by atoms with Gasteiger partial charge in [0.05, 0.1) is 22.6 Å². The molecule has 0 radical (unpaired) electrons. The van der Waals surface area contributed by atoms with Crippen LogP contribution in [-0.4, -0.2) is 70.9 Å². The lowest BCUT2D eigenvalue weighted by Gasteiger charge is -2.36. The van der Waals surface area contributed by atoms with E-state index in [1.807, 2.05) is 24.3 Å². The van der Waals surface area contributed by atoms with E-state index in [-0.39, 0.29) is 30.0 Å². The second-order valence-electron chi connectivity index (χ2n) is 8.58. The smallest absolute Gasteiger partial charge is 0.486 e. The summed E-state index contributed by atoms with van der Waals surface area (Å²) in [5, 5.41) is 10.1. The van der Waals surface area contributed by atoms with Crippen molar-refractivity contribution in [2.75, 3.05) is 26.8 Å². The fourth-order valence-corrected chi connectivity index (χ4v) is 4.18. The highest BCUT2D eigenvalue weighted by Crippen LogP contribution is 2.35. The summed E-state index contributed by atoms with van der Waals surface area (Å²) >= 11 is 0. The fraction of sp³-hybridized carbons (Fsp3) is 0.375. The van der Waals surface area contributed by atoms with E-state index in [4.69, 9.17) is 24.4 Å². The number of para-hydroxylation sites is 2. The summed E-state index contributed by atoms with van der Waals surface area (Å²) in [7, 11) is 2.05. The van der Waals surface area contributed by atoms with Gasteiger partial charge in [0, 0.05) is 12.6 Å². The highest BCUT2D eigenvalue weighted by Gasteiger charge is 2.38. The van der Waals surface area contributed by atoms with Crippen molar-refractivity contribution in [1.82, 2.24) is 20.2 Å². The summed E-state index contributed by atoms with van der Waals surface area (Å²) in [6, 6.07) is 10.9. The number of hydrogen-bond donors (Lipinski definition) is 3. The topological polar surface area (TPSA) is 117 Å². The Morgan fingerprint density at radius 3 is 2.57 bits per heavy atom. The summed E-state index contributed by atoms with van der Waals surface area (Å²) < 4.78 is 57.3. The lowest BCUT2D eigenvalue weighted by molar-refractivity contribution is -0.192. The van der Waals surface area contributed by atoms with E-state index in [1.165, 1.54) is 6.07 Å². The third-order valence-electron chi connectivity index (χ3n) is 6.06. The number of nitrogens with zero attached hydrogens (tertiary/aromatic N) is 2. The summed E-state index contributed by atoms with van der Waals surface area (Å²) in [6.07, 6.45) is -3.61. The van der Waals surface area contributed by atoms with Crippen LogP contribution in [0.25, 0.3) is 11.0 Å². The van der Waals surface area contributed by atoms with Crippen LogP contribution in [0.2, 0.25) is 0 Å². The van der Waals surface area contributed by atoms with Crippen LogP contribution >= 0.6 is 0 Å². The Morgan fingerprint density at radius 1 is 1.16 bits per heavy atom. The Balaban J connectivity index is 0.000000405. The van der Waals surface area contributed by atoms with Crippen molar-refractivity contribution in [3.8, 4) is 11.5 Å². The van der Waals surface area contributed by atoms with Crippen LogP contribution in [0.4, 0.5) is 17.6 Å². The number of benzene rings is 2. The quantitative estimate of drug-likeness (QED) is 0.448. The number of hydrogen-bond acceptors (Lipinski definition) is 6. The number of aromatic amines is 1. The number of fused-ring (bicyclic) bond motifs is 2. The molecule has 2 aromatic carbocycles. The molecular weight excluding hydrogens is 500 g/mol. The molecule has 0 aliphatic carbocycles. The number of H-pyrrole nitrogens is 1. The summed E-state index contributed by atoms with van der Waals surface area (Å²) in [5.74, 6) is -2.65. The zero-order chi connectivity index (χ0) is 26.7. The molecule has 198 valence electrons. The van der Waals surface area contributed by atoms with Crippen molar-refractivity contribution in [2.45, 2.75) is 31.1 Å². The Kier molecular flexibility index (Phi) is 7.52. The molecule has 0 unspecified atom stereocenters. The molecule has 2 aliphatic rings. The van der Waals surface area contributed by atoms with Gasteiger partial charge < -0.3 is 24.9 Å². The molecule has 1 aromatic heterocycles. The predicted octanol–water partition coefficient (Wildman–Crippen LogP) is 3.67. The molecule has 2 atom stereocenters. The lowest BCUT2D eigenvalue weighted by Crippen LogP contribution is -2.45. The predicted molar refractivity (Wildman–Crippen MR) is 123 cm³/mol. The van der Waals surface area contributed by atoms with Gasteiger partial charge in [-0.3, -0.25) is 9.69 Å². The minimum absolute atomic E-state index is 0.0115. The molecule has 1 fully saturated rings. The number of alkyl halides is 3. The highest BCUT2D eigenvalue weighted by atomic mass is 19.4. The zero-order valence-electron chi connectivity index (χ0n) is 19.6. The number of nitrogens with one attached hydrogen (secondary N) is 2. The molecule has 1 saturated heterocycles. The number of aromatic nitrogens is 2. The van der Waals surface area contributed by atoms with Crippen molar-refractivity contribution in [1.29, 1.82) is 0 Å². The number of carboxylic acid groups (broad SMARTS) is 1. The molecule has 13 heteroatoms. The number of ether oxygens (including phenoxy) is 2. The number of likely N-dealkylation sites (tertiary alicyclic amines) is 1. The first-order chi connectivity index (χ1) is 17.5. The second kappa shape index (κ2) is 10.6. The number of aliphatic carboxylic acids is 1. The number of carboxylic acids is 1. The van der Waals surface area contributed by atoms with Gasteiger partial charge in [0.25, 0.3) is 5.91 Å². The third kappa shape index (κ3) is 5.93. The molecule has 0 spiro atoms. The Bertz CT molecular complexity index is 1260. The molecule has 5 rings (SSSR count). The van der Waals surface area contributed by atoms with Gasteiger partial charge in [0.2, 0.25) is 0 Å². The highest BCUT2D eigenvalue weighted by molar-refractivity contribution is 5.95. The average Bonchev–Trinajstić information content (AvgIpc) is 3.29. The number of halogens is 4. The zero-order valence-corrected chi connectivity index (χ0v) is 19.6. The Labute approximate surface area is 208 Å². The van der Waals surface area contributed by atoms with Crippen molar-refractivity contribution in [3.63, 3.8) is 0 Å². The van der Waals surface area contributed by atoms with Gasteiger partial charge in [-0.25, -0.2) is 14.2 Å². The van der Waals surface area contributed by atoms with Crippen molar-refractivity contribution in [2.24, 2.45) is 0 Å². The van der Waals surface area contributed by atoms with E-state index >= 15 is 0 Å². The number of carbonyl (C=O) groups is 2. The standard InChI is InChI=1S/C22H23FN4O3.C2HF3O2/c1-27-9-8-13(12-17(27)21-25-15-4-2-3-5-16(15)26-21)24-22(28)14-6-7-18-20(19(14)23)30-11-10-29-18;3-2(4,5)1(6)7/h2-7,13,17H,8-12H2,1H3,(H,24,28)(H,25,26);(H,6,7)/t13-,17-;/m1./s1. The largest absolute Gasteiger partial charge is 0.490 e. The first kappa shape index (κ1) is 26.2. The number of rotatable bonds is 3. The summed E-state index contributed by atoms with van der Waals surface area (Å²) in [6.45, 7) is 1.44. The van der Waals surface area contributed by atoms with Crippen LogP contribution in [0.1, 0.15) is 35.1 Å². The molecule has 9 nitrogen and oxygen atoms in total. The van der Waals surface area contributed by atoms with Gasteiger partial charge in [-0.15, -0.1) is 0 Å². The maximum atomic E-state index is 14.8. The third-order valence-corrected chi connectivity index (χ3v) is 6.06. The Hall–Kier alpha value is -3.87. The Morgan fingerprint density at radius 2 is 1.86 bits per heavy atom. The van der Waals surface area contributed by atoms with E-state index in [0.29, 0.717) is 18.8 Å². The molecule has 3 aromatic rings. The molecule has 0 bridgehead atoms. The van der Waals surface area contributed by atoms with Gasteiger partial charge in [0.15, 0.2) is 17.3 Å². The van der Waals surface area contributed by atoms with Crippen LogP contribution in [0.15, 0.2) is 36.4 Å². The molecule has 3 N–H and O–H groups in total. The molecule has 3 heterocycles. The second-order valence-corrected chi connectivity index (χ2v) is 8.58. The van der Waals surface area contributed by atoms with E-state index in [1.54, 1.807) is 6.07 Å². The van der Waals surface area contributed by atoms with Gasteiger partial charge in [-0.05, 0) is 44.2 Å². The SMILES string of the molecule is CN1CC[C@@H](NC(=O)c2ccc3c(c2F)OCCO3)C[C@@H]1c1nc2ccccc2[nH]1.O=C(O)C(F)(F)F. The van der Waals surface area contributed by atoms with E-state index in [2.05, 4.69) is 22.2 Å². The van der Waals surface area contributed by atoms with Crippen molar-refractivity contribution in [3.05, 3.63) is 53.6 Å². The minimum Gasteiger partial charge on any atom is -0.486 e. The number of imidazole rings is 1. The van der Waals surface area contributed by atoms with Crippen LogP contribution in [0, 0.1) is 5.82 Å². The maximum Gasteiger partial charge on any atom is 0.490 e. The van der Waals surface area contributed by atoms with Crippen LogP contribution in [0.5, 0.6) is 11.5 Å². The van der Waals surface area contributed by atoms with Gasteiger partial charge in [-0.2, -0.15) is 13.2 Å². The van der Waals surface area contributed by atoms with E-state index in [0.717, 1.165) is 29.8 Å². The fourth-order valence-electron chi connectivity index (χ4n) is 4.18. The molecule has 37 heavy (non-hydrogen) atoms. The van der Waals surface area contributed by atoms with Gasteiger partial charge in [-0.1, -0.05) is 12.1 Å². The van der Waals surface area contributed by atoms with E-state index in [9.17, 15) is 22.4 Å². The number of piperidine rings is 1. The van der Waals surface area contributed by atoms with Gasteiger partial charge >= 0.3 is 12.1 Å². The number of amides is 1. The van der Waals surface area contributed by atoms with E-state index < -0.39 is 23.9 Å². The summed E-state index contributed by atoms with van der Waals surface area (Å²) in [5.41, 5.74) is 1.88. The summed E-state index contributed by atoms with van der Waals surface area (Å²) in [4.78, 5) is 32.0. The first-order valence-electron chi connectivity index (χ1n) is 11.4. The number of carbonyl (C=O) groups excluding carboxylic acids is 1. The molecule has 0 saturated carbocycles. The lowest BCUT2D eigenvalue weighted by atomic mass is 9.96. The van der Waals surface area contributed by atoms with Crippen LogP contribution < -0.4 is 14.8 Å². The molecule has 2 aliphatic heterocycles. The monoisotopic (exact) mass is 524 g/mol. The average molecular weight is 524 g/mol. The molecule has 1 amide bonds. The normalized spacial score (nSPS) is 19.6. The van der Waals surface area contributed by atoms with Crippen LogP contribution in [-0.2, 0) is 4.79 Å². The first-order valence-corrected chi connectivity index (χ1v) is 11.4. The van der Waals surface area contributed by atoms with Crippen molar-refractivity contribution < 1.29 is 41.7 Å². The van der Waals surface area contributed by atoms with Crippen molar-refractivity contribution >= 4 is 22.9 Å². The maximum absolute atomic E-state index is 14.8. The van der Waals surface area contributed by atoms with Gasteiger partial charge in [0.1, 0.15) is 19.0 Å². The molecular formula is C24H24F4N4O5. The van der Waals surface area contributed by atoms with Crippen LogP contribution in [0.3, 0.4) is 0 Å². The minimum atomic E-state index is -5.08.